The largest absolute Gasteiger partial charge is 0.497 e. The van der Waals surface area contributed by atoms with Crippen LogP contribution in [-0.2, 0) is 11.4 Å². The number of amidine groups is 1. The Labute approximate surface area is 231 Å². The van der Waals surface area contributed by atoms with Crippen LogP contribution in [0.1, 0.15) is 18.1 Å². The molecule has 1 N–H and O–H groups in total. The molecule has 1 amide bonds. The molecule has 1 fully saturated rings. The Balaban J connectivity index is 1.54. The second-order valence-electron chi connectivity index (χ2n) is 7.47. The van der Waals surface area contributed by atoms with Gasteiger partial charge in [0.15, 0.2) is 16.7 Å². The molecule has 1 saturated heterocycles. The third-order valence-electron chi connectivity index (χ3n) is 4.98. The number of methoxy groups -OCH3 is 1. The summed E-state index contributed by atoms with van der Waals surface area (Å²) in [5, 5.41) is 4.25. The first kappa shape index (κ1) is 26.4. The average Bonchev–Trinajstić information content (AvgIpc) is 3.21. The highest BCUT2D eigenvalue weighted by molar-refractivity contribution is 9.10. The highest BCUT2D eigenvalue weighted by Crippen LogP contribution is 2.37. The van der Waals surface area contributed by atoms with Crippen LogP contribution in [0.2, 0.25) is 10.0 Å². The van der Waals surface area contributed by atoms with Crippen molar-refractivity contribution in [1.82, 2.24) is 5.32 Å². The summed E-state index contributed by atoms with van der Waals surface area (Å²) in [6, 6.07) is 16.3. The lowest BCUT2D eigenvalue weighted by Crippen LogP contribution is -2.19. The minimum Gasteiger partial charge on any atom is -0.497 e. The summed E-state index contributed by atoms with van der Waals surface area (Å²) in [6.45, 7) is 2.63. The van der Waals surface area contributed by atoms with Gasteiger partial charge in [0.2, 0.25) is 0 Å². The molecule has 0 aliphatic carbocycles. The molecule has 0 spiro atoms. The lowest BCUT2D eigenvalue weighted by atomic mass is 10.1. The van der Waals surface area contributed by atoms with Crippen molar-refractivity contribution in [2.75, 3.05) is 13.7 Å². The van der Waals surface area contributed by atoms with Crippen molar-refractivity contribution in [3.63, 3.8) is 0 Å². The van der Waals surface area contributed by atoms with Gasteiger partial charge >= 0.3 is 0 Å². The van der Waals surface area contributed by atoms with Gasteiger partial charge in [-0.15, -0.1) is 0 Å². The third kappa shape index (κ3) is 6.56. The zero-order valence-electron chi connectivity index (χ0n) is 19.3. The molecule has 10 heteroatoms. The van der Waals surface area contributed by atoms with E-state index in [-0.39, 0.29) is 12.5 Å². The second kappa shape index (κ2) is 12.1. The fraction of sp³-hybridized carbons (Fsp3) is 0.154. The lowest BCUT2D eigenvalue weighted by molar-refractivity contribution is -0.115. The Hall–Kier alpha value is -2.65. The summed E-state index contributed by atoms with van der Waals surface area (Å²) < 4.78 is 17.7. The molecule has 0 bridgehead atoms. The average molecular weight is 608 g/mol. The Kier molecular flexibility index (Phi) is 8.85. The van der Waals surface area contributed by atoms with Crippen LogP contribution in [0, 0.1) is 0 Å². The molecule has 0 unspecified atom stereocenters. The highest BCUT2D eigenvalue weighted by Gasteiger charge is 2.24. The number of carbonyl (C=O) groups is 1. The molecule has 1 aliphatic heterocycles. The number of amides is 1. The number of rotatable bonds is 8. The standard InChI is InChI=1S/C26H21BrCl2N2O4S/c1-3-34-22-11-16(19(27)13-23(22)35-14-15-4-9-20(28)21(29)10-15)12-24-25(32)31-26(36-24)30-17-5-7-18(33-2)8-6-17/h4-13H,3,14H2,1-2H3,(H,30,31,32)/b24-12+. The zero-order chi connectivity index (χ0) is 25.7. The van der Waals surface area contributed by atoms with Gasteiger partial charge in [-0.3, -0.25) is 4.79 Å². The molecule has 0 radical (unpaired) electrons. The quantitative estimate of drug-likeness (QED) is 0.267. The first-order valence-electron chi connectivity index (χ1n) is 10.8. The number of ether oxygens (including phenoxy) is 3. The second-order valence-corrected chi connectivity index (χ2v) is 10.2. The summed E-state index contributed by atoms with van der Waals surface area (Å²) in [5.41, 5.74) is 2.35. The number of carbonyl (C=O) groups excluding carboxylic acids is 1. The van der Waals surface area contributed by atoms with E-state index in [1.165, 1.54) is 11.8 Å². The van der Waals surface area contributed by atoms with Gasteiger partial charge in [0.1, 0.15) is 12.4 Å². The molecule has 0 aromatic heterocycles. The van der Waals surface area contributed by atoms with E-state index >= 15 is 0 Å². The van der Waals surface area contributed by atoms with E-state index in [1.807, 2.05) is 49.4 Å². The van der Waals surface area contributed by atoms with Gasteiger partial charge in [-0.05, 0) is 84.4 Å². The molecule has 186 valence electrons. The third-order valence-corrected chi connectivity index (χ3v) is 7.32. The minimum absolute atomic E-state index is 0.225. The molecule has 1 heterocycles. The van der Waals surface area contributed by atoms with Crippen molar-refractivity contribution in [2.24, 2.45) is 4.99 Å². The number of hydrogen-bond donors (Lipinski definition) is 1. The van der Waals surface area contributed by atoms with Crippen molar-refractivity contribution in [1.29, 1.82) is 0 Å². The van der Waals surface area contributed by atoms with E-state index in [0.717, 1.165) is 21.3 Å². The number of benzene rings is 3. The Morgan fingerprint density at radius 1 is 1.03 bits per heavy atom. The Bertz CT molecular complexity index is 1350. The highest BCUT2D eigenvalue weighted by atomic mass is 79.9. The molecular weight excluding hydrogens is 587 g/mol. The van der Waals surface area contributed by atoms with Gasteiger partial charge in [0.25, 0.3) is 5.91 Å². The van der Waals surface area contributed by atoms with Gasteiger partial charge in [0, 0.05) is 4.47 Å². The van der Waals surface area contributed by atoms with Crippen LogP contribution in [0.5, 0.6) is 17.2 Å². The van der Waals surface area contributed by atoms with Gasteiger partial charge in [0.05, 0.1) is 34.4 Å². The molecule has 0 atom stereocenters. The van der Waals surface area contributed by atoms with Crippen LogP contribution < -0.4 is 19.5 Å². The van der Waals surface area contributed by atoms with Gasteiger partial charge in [-0.1, -0.05) is 45.2 Å². The molecule has 0 saturated carbocycles. The van der Waals surface area contributed by atoms with Crippen LogP contribution in [0.25, 0.3) is 6.08 Å². The van der Waals surface area contributed by atoms with Crippen LogP contribution >= 0.6 is 50.9 Å². The maximum Gasteiger partial charge on any atom is 0.264 e. The summed E-state index contributed by atoms with van der Waals surface area (Å²) >= 11 is 17.0. The van der Waals surface area contributed by atoms with Crippen LogP contribution in [0.4, 0.5) is 5.69 Å². The van der Waals surface area contributed by atoms with Crippen LogP contribution in [0.3, 0.4) is 0 Å². The van der Waals surface area contributed by atoms with E-state index in [2.05, 4.69) is 26.2 Å². The van der Waals surface area contributed by atoms with Gasteiger partial charge in [-0.25, -0.2) is 4.99 Å². The first-order valence-corrected chi connectivity index (χ1v) is 13.2. The molecule has 3 aromatic carbocycles. The Morgan fingerprint density at radius 3 is 2.47 bits per heavy atom. The number of aliphatic imine (C=N–C) groups is 1. The number of thioether (sulfide) groups is 1. The smallest absolute Gasteiger partial charge is 0.264 e. The van der Waals surface area contributed by atoms with E-state index in [4.69, 9.17) is 37.4 Å². The van der Waals surface area contributed by atoms with Crippen molar-refractivity contribution >= 4 is 73.7 Å². The normalized spacial score (nSPS) is 15.3. The maximum atomic E-state index is 12.6. The van der Waals surface area contributed by atoms with E-state index in [9.17, 15) is 4.79 Å². The monoisotopic (exact) mass is 606 g/mol. The predicted molar refractivity (Wildman–Crippen MR) is 150 cm³/mol. The SMILES string of the molecule is CCOc1cc(/C=C2/SC(=Nc3ccc(OC)cc3)NC2=O)c(Br)cc1OCc1ccc(Cl)c(Cl)c1. The fourth-order valence-corrected chi connectivity index (χ4v) is 4.82. The number of halogens is 3. The van der Waals surface area contributed by atoms with Crippen molar-refractivity contribution in [2.45, 2.75) is 13.5 Å². The molecular formula is C26H21BrCl2N2O4S. The van der Waals surface area contributed by atoms with Crippen molar-refractivity contribution in [3.05, 3.63) is 85.1 Å². The first-order chi connectivity index (χ1) is 17.4. The van der Waals surface area contributed by atoms with Gasteiger partial charge < -0.3 is 19.5 Å². The molecule has 3 aromatic rings. The minimum atomic E-state index is -0.225. The molecule has 6 nitrogen and oxygen atoms in total. The Morgan fingerprint density at radius 2 is 1.78 bits per heavy atom. The summed E-state index contributed by atoms with van der Waals surface area (Å²) in [5.74, 6) is 1.63. The van der Waals surface area contributed by atoms with Crippen molar-refractivity contribution < 1.29 is 19.0 Å². The lowest BCUT2D eigenvalue weighted by Gasteiger charge is -2.14. The number of nitrogens with one attached hydrogen (secondary N) is 1. The van der Waals surface area contributed by atoms with E-state index in [1.54, 1.807) is 25.3 Å². The van der Waals surface area contributed by atoms with Crippen LogP contribution in [0.15, 0.2) is 69.0 Å². The van der Waals surface area contributed by atoms with E-state index in [0.29, 0.717) is 43.9 Å². The van der Waals surface area contributed by atoms with Crippen LogP contribution in [-0.4, -0.2) is 24.8 Å². The zero-order valence-corrected chi connectivity index (χ0v) is 23.2. The topological polar surface area (TPSA) is 69.2 Å². The van der Waals surface area contributed by atoms with Crippen molar-refractivity contribution in [3.8, 4) is 17.2 Å². The fourth-order valence-electron chi connectivity index (χ4n) is 3.23. The summed E-state index contributed by atoms with van der Waals surface area (Å²) in [7, 11) is 1.61. The van der Waals surface area contributed by atoms with Gasteiger partial charge in [-0.2, -0.15) is 0 Å². The number of hydrogen-bond acceptors (Lipinski definition) is 6. The maximum absolute atomic E-state index is 12.6. The number of nitrogens with zero attached hydrogens (tertiary/aromatic N) is 1. The predicted octanol–water partition coefficient (Wildman–Crippen LogP) is 7.63. The summed E-state index contributed by atoms with van der Waals surface area (Å²) in [4.78, 5) is 17.6. The molecule has 4 rings (SSSR count). The molecule has 36 heavy (non-hydrogen) atoms. The summed E-state index contributed by atoms with van der Waals surface area (Å²) in [6.07, 6.45) is 1.78. The molecule has 1 aliphatic rings. The van der Waals surface area contributed by atoms with E-state index < -0.39 is 0 Å².